The molecule has 2 aromatic rings. The molecule has 3 N–H and O–H groups in total. The Kier molecular flexibility index (Phi) is 4.09. The van der Waals surface area contributed by atoms with E-state index in [-0.39, 0.29) is 17.2 Å². The van der Waals surface area contributed by atoms with E-state index < -0.39 is 4.92 Å². The van der Waals surface area contributed by atoms with E-state index in [4.69, 9.17) is 0 Å². The molecule has 0 aliphatic heterocycles. The van der Waals surface area contributed by atoms with E-state index >= 15 is 0 Å². The van der Waals surface area contributed by atoms with Gasteiger partial charge in [0.15, 0.2) is 11.5 Å². The highest BCUT2D eigenvalue weighted by Gasteiger charge is 2.09. The van der Waals surface area contributed by atoms with Gasteiger partial charge >= 0.3 is 0 Å². The molecule has 0 aromatic heterocycles. The van der Waals surface area contributed by atoms with Crippen LogP contribution in [-0.4, -0.2) is 15.1 Å². The first kappa shape index (κ1) is 14.1. The van der Waals surface area contributed by atoms with Crippen molar-refractivity contribution in [3.05, 3.63) is 56.5 Å². The summed E-state index contributed by atoms with van der Waals surface area (Å²) < 4.78 is 0.700. The van der Waals surface area contributed by atoms with E-state index in [9.17, 15) is 20.3 Å². The Hall–Kier alpha value is -2.28. The predicted octanol–water partition coefficient (Wildman–Crippen LogP) is 3.38. The van der Waals surface area contributed by atoms with Crippen molar-refractivity contribution in [1.29, 1.82) is 0 Å². The van der Waals surface area contributed by atoms with E-state index in [2.05, 4.69) is 21.2 Å². The van der Waals surface area contributed by atoms with Crippen molar-refractivity contribution in [2.75, 3.05) is 5.32 Å². The highest BCUT2D eigenvalue weighted by Crippen LogP contribution is 2.29. The molecule has 7 heteroatoms. The maximum Gasteiger partial charge on any atom is 0.271 e. The van der Waals surface area contributed by atoms with Gasteiger partial charge in [-0.15, -0.1) is 0 Å². The minimum absolute atomic E-state index is 0.00995. The molecular weight excluding hydrogens is 328 g/mol. The fourth-order valence-electron chi connectivity index (χ4n) is 1.64. The first-order valence-electron chi connectivity index (χ1n) is 5.66. The van der Waals surface area contributed by atoms with Crippen LogP contribution in [0.1, 0.15) is 5.56 Å². The molecule has 0 radical (unpaired) electrons. The third-order valence-corrected chi connectivity index (χ3v) is 3.38. The molecule has 0 aliphatic carbocycles. The fraction of sp³-hybridized carbons (Fsp3) is 0.0769. The Balaban J connectivity index is 2.15. The molecule has 2 rings (SSSR count). The number of nitro benzene ring substituents is 1. The number of rotatable bonds is 4. The SMILES string of the molecule is O=[N+]([O-])c1ccc(Br)c(NCc2ccc(O)c(O)c2)c1. The van der Waals surface area contributed by atoms with Gasteiger partial charge in [0.25, 0.3) is 5.69 Å². The maximum absolute atomic E-state index is 10.7. The van der Waals surface area contributed by atoms with E-state index in [0.717, 1.165) is 5.56 Å². The Labute approximate surface area is 123 Å². The minimum atomic E-state index is -0.468. The van der Waals surface area contributed by atoms with Gasteiger partial charge in [0.2, 0.25) is 0 Å². The second-order valence-electron chi connectivity index (χ2n) is 4.10. The number of aromatic hydroxyl groups is 2. The van der Waals surface area contributed by atoms with Crippen molar-refractivity contribution in [3.8, 4) is 11.5 Å². The van der Waals surface area contributed by atoms with Gasteiger partial charge in [-0.2, -0.15) is 0 Å². The van der Waals surface area contributed by atoms with Crippen LogP contribution in [0.15, 0.2) is 40.9 Å². The monoisotopic (exact) mass is 338 g/mol. The summed E-state index contributed by atoms with van der Waals surface area (Å²) in [6, 6.07) is 8.87. The topological polar surface area (TPSA) is 95.6 Å². The number of phenols is 2. The molecule has 0 bridgehead atoms. The quantitative estimate of drug-likeness (QED) is 0.451. The Morgan fingerprint density at radius 1 is 1.15 bits per heavy atom. The van der Waals surface area contributed by atoms with Crippen LogP contribution in [0.25, 0.3) is 0 Å². The van der Waals surface area contributed by atoms with Crippen LogP contribution < -0.4 is 5.32 Å². The van der Waals surface area contributed by atoms with Crippen LogP contribution in [-0.2, 0) is 6.54 Å². The van der Waals surface area contributed by atoms with Gasteiger partial charge in [0.05, 0.1) is 10.6 Å². The first-order valence-corrected chi connectivity index (χ1v) is 6.45. The highest BCUT2D eigenvalue weighted by atomic mass is 79.9. The summed E-state index contributed by atoms with van der Waals surface area (Å²) in [6.45, 7) is 0.355. The zero-order valence-electron chi connectivity index (χ0n) is 10.2. The molecule has 0 saturated heterocycles. The minimum Gasteiger partial charge on any atom is -0.504 e. The van der Waals surface area contributed by atoms with Crippen molar-refractivity contribution in [2.45, 2.75) is 6.54 Å². The summed E-state index contributed by atoms with van der Waals surface area (Å²) >= 11 is 3.30. The zero-order chi connectivity index (χ0) is 14.7. The lowest BCUT2D eigenvalue weighted by Gasteiger charge is -2.09. The summed E-state index contributed by atoms with van der Waals surface area (Å²) in [5, 5.41) is 32.4. The lowest BCUT2D eigenvalue weighted by atomic mass is 10.2. The lowest BCUT2D eigenvalue weighted by molar-refractivity contribution is -0.384. The normalized spacial score (nSPS) is 10.2. The molecule has 2 aromatic carbocycles. The molecule has 0 aliphatic rings. The van der Waals surface area contributed by atoms with Gasteiger partial charge in [0, 0.05) is 23.2 Å². The number of nitro groups is 1. The number of hydrogen-bond donors (Lipinski definition) is 3. The average Bonchev–Trinajstić information content (AvgIpc) is 2.41. The van der Waals surface area contributed by atoms with E-state index in [1.807, 2.05) is 0 Å². The van der Waals surface area contributed by atoms with E-state index in [1.54, 1.807) is 12.1 Å². The van der Waals surface area contributed by atoms with Crippen molar-refractivity contribution in [2.24, 2.45) is 0 Å². The van der Waals surface area contributed by atoms with Crippen molar-refractivity contribution < 1.29 is 15.1 Å². The largest absolute Gasteiger partial charge is 0.504 e. The number of anilines is 1. The Morgan fingerprint density at radius 2 is 1.90 bits per heavy atom. The third-order valence-electron chi connectivity index (χ3n) is 2.68. The molecule has 0 spiro atoms. The smallest absolute Gasteiger partial charge is 0.271 e. The molecule has 20 heavy (non-hydrogen) atoms. The van der Waals surface area contributed by atoms with Crippen molar-refractivity contribution in [3.63, 3.8) is 0 Å². The average molecular weight is 339 g/mol. The van der Waals surface area contributed by atoms with Crippen LogP contribution in [0.2, 0.25) is 0 Å². The number of non-ortho nitro benzene ring substituents is 1. The lowest BCUT2D eigenvalue weighted by Crippen LogP contribution is -2.00. The van der Waals surface area contributed by atoms with Crippen LogP contribution in [0.3, 0.4) is 0 Å². The molecule has 0 atom stereocenters. The van der Waals surface area contributed by atoms with Gasteiger partial charge < -0.3 is 15.5 Å². The first-order chi connectivity index (χ1) is 9.47. The zero-order valence-corrected chi connectivity index (χ0v) is 11.8. The van der Waals surface area contributed by atoms with E-state index in [0.29, 0.717) is 16.7 Å². The van der Waals surface area contributed by atoms with Crippen LogP contribution in [0.5, 0.6) is 11.5 Å². The fourth-order valence-corrected chi connectivity index (χ4v) is 2.03. The molecular formula is C13H11BrN2O4. The summed E-state index contributed by atoms with van der Waals surface area (Å²) in [6.07, 6.45) is 0. The number of halogens is 1. The van der Waals surface area contributed by atoms with Crippen LogP contribution >= 0.6 is 15.9 Å². The van der Waals surface area contributed by atoms with Crippen molar-refractivity contribution >= 4 is 27.3 Å². The standard InChI is InChI=1S/C13H11BrN2O4/c14-10-3-2-9(16(19)20)6-11(10)15-7-8-1-4-12(17)13(18)5-8/h1-6,15,17-18H,7H2. The number of phenolic OH excluding ortho intramolecular Hbond substituents is 2. The number of nitrogens with one attached hydrogen (secondary N) is 1. The van der Waals surface area contributed by atoms with Gasteiger partial charge in [0.1, 0.15) is 0 Å². The van der Waals surface area contributed by atoms with Gasteiger partial charge in [-0.3, -0.25) is 10.1 Å². The molecule has 104 valence electrons. The summed E-state index contributed by atoms with van der Waals surface area (Å²) in [5.74, 6) is -0.396. The van der Waals surface area contributed by atoms with Gasteiger partial charge in [-0.25, -0.2) is 0 Å². The van der Waals surface area contributed by atoms with E-state index in [1.165, 1.54) is 24.3 Å². The van der Waals surface area contributed by atoms with Gasteiger partial charge in [-0.05, 0) is 39.7 Å². The van der Waals surface area contributed by atoms with Crippen LogP contribution in [0.4, 0.5) is 11.4 Å². The molecule has 0 amide bonds. The Morgan fingerprint density at radius 3 is 2.55 bits per heavy atom. The third kappa shape index (κ3) is 3.18. The van der Waals surface area contributed by atoms with Gasteiger partial charge in [-0.1, -0.05) is 6.07 Å². The highest BCUT2D eigenvalue weighted by molar-refractivity contribution is 9.10. The summed E-state index contributed by atoms with van der Waals surface area (Å²) in [5.41, 5.74) is 1.30. The second kappa shape index (κ2) is 5.79. The molecule has 6 nitrogen and oxygen atoms in total. The molecule has 0 unspecified atom stereocenters. The number of nitrogens with zero attached hydrogens (tertiary/aromatic N) is 1. The summed E-state index contributed by atoms with van der Waals surface area (Å²) in [4.78, 5) is 10.3. The molecule has 0 heterocycles. The number of benzene rings is 2. The summed E-state index contributed by atoms with van der Waals surface area (Å²) in [7, 11) is 0. The molecule has 0 fully saturated rings. The number of hydrogen-bond acceptors (Lipinski definition) is 5. The predicted molar refractivity (Wildman–Crippen MR) is 77.9 cm³/mol. The molecule has 0 saturated carbocycles. The van der Waals surface area contributed by atoms with Crippen molar-refractivity contribution in [1.82, 2.24) is 0 Å². The maximum atomic E-state index is 10.7. The Bertz CT molecular complexity index is 661. The second-order valence-corrected chi connectivity index (χ2v) is 4.95. The van der Waals surface area contributed by atoms with Crippen LogP contribution in [0, 0.1) is 10.1 Å².